The Hall–Kier alpha value is -2.60. The van der Waals surface area contributed by atoms with Crippen molar-refractivity contribution in [3.05, 3.63) is 58.9 Å². The average Bonchev–Trinajstić information content (AvgIpc) is 2.51. The van der Waals surface area contributed by atoms with Gasteiger partial charge < -0.3 is 15.8 Å². The molecule has 0 saturated carbocycles. The van der Waals surface area contributed by atoms with Crippen LogP contribution in [0.25, 0.3) is 0 Å². The van der Waals surface area contributed by atoms with E-state index in [1.807, 2.05) is 0 Å². The maximum Gasteiger partial charge on any atom is 0.265 e. The van der Waals surface area contributed by atoms with Gasteiger partial charge in [-0.15, -0.1) is 0 Å². The fraction of sp³-hybridized carbons (Fsp3) is 0.125. The lowest BCUT2D eigenvalue weighted by Gasteiger charge is -2.15. The van der Waals surface area contributed by atoms with Crippen molar-refractivity contribution in [1.82, 2.24) is 0 Å². The topological polar surface area (TPSA) is 81.4 Å². The molecule has 0 aliphatic heterocycles. The number of rotatable bonds is 5. The number of ether oxygens (including phenoxy) is 1. The van der Waals surface area contributed by atoms with E-state index in [1.54, 1.807) is 19.1 Å². The molecule has 2 aromatic rings. The molecular weight excluding hydrogens is 323 g/mol. The zero-order valence-electron chi connectivity index (χ0n) is 12.2. The molecule has 120 valence electrons. The van der Waals surface area contributed by atoms with Crippen LogP contribution in [-0.2, 0) is 4.79 Å². The molecule has 0 aliphatic carbocycles. The molecule has 1 atom stereocenters. The Morgan fingerprint density at radius 3 is 2.43 bits per heavy atom. The molecule has 0 radical (unpaired) electrons. The van der Waals surface area contributed by atoms with Gasteiger partial charge in [-0.3, -0.25) is 9.59 Å². The first-order chi connectivity index (χ1) is 10.9. The van der Waals surface area contributed by atoms with Gasteiger partial charge in [0.2, 0.25) is 5.91 Å². The highest BCUT2D eigenvalue weighted by atomic mass is 35.5. The molecule has 2 aromatic carbocycles. The van der Waals surface area contributed by atoms with Gasteiger partial charge in [0.05, 0.1) is 5.02 Å². The SMILES string of the molecule is C[C@H](Oc1ccc(C(N)=O)cc1)C(=O)Nc1ccc(F)c(Cl)c1. The van der Waals surface area contributed by atoms with Crippen LogP contribution in [0, 0.1) is 5.82 Å². The summed E-state index contributed by atoms with van der Waals surface area (Å²) in [4.78, 5) is 23.0. The Kier molecular flexibility index (Phi) is 5.18. The number of carbonyl (C=O) groups is 2. The van der Waals surface area contributed by atoms with Crippen LogP contribution in [0.4, 0.5) is 10.1 Å². The van der Waals surface area contributed by atoms with Crippen LogP contribution in [-0.4, -0.2) is 17.9 Å². The minimum absolute atomic E-state index is 0.0848. The van der Waals surface area contributed by atoms with E-state index < -0.39 is 23.7 Å². The van der Waals surface area contributed by atoms with Crippen LogP contribution in [0.1, 0.15) is 17.3 Å². The number of hydrogen-bond donors (Lipinski definition) is 2. The molecule has 0 aromatic heterocycles. The Morgan fingerprint density at radius 2 is 1.87 bits per heavy atom. The van der Waals surface area contributed by atoms with Crippen LogP contribution in [0.2, 0.25) is 5.02 Å². The van der Waals surface area contributed by atoms with E-state index in [2.05, 4.69) is 5.32 Å². The molecular formula is C16H14ClFN2O3. The van der Waals surface area contributed by atoms with Gasteiger partial charge in [0.15, 0.2) is 6.10 Å². The van der Waals surface area contributed by atoms with E-state index in [1.165, 1.54) is 24.3 Å². The number of nitrogens with two attached hydrogens (primary N) is 1. The zero-order valence-corrected chi connectivity index (χ0v) is 12.9. The zero-order chi connectivity index (χ0) is 17.0. The van der Waals surface area contributed by atoms with Gasteiger partial charge in [0.1, 0.15) is 11.6 Å². The maximum absolute atomic E-state index is 13.1. The fourth-order valence-electron chi connectivity index (χ4n) is 1.77. The summed E-state index contributed by atoms with van der Waals surface area (Å²) < 4.78 is 18.5. The summed E-state index contributed by atoms with van der Waals surface area (Å²) in [5.74, 6) is -1.12. The monoisotopic (exact) mass is 336 g/mol. The first-order valence-electron chi connectivity index (χ1n) is 6.69. The highest BCUT2D eigenvalue weighted by Gasteiger charge is 2.15. The number of primary amides is 1. The number of carbonyl (C=O) groups excluding carboxylic acids is 2. The second-order valence-electron chi connectivity index (χ2n) is 4.77. The van der Waals surface area contributed by atoms with Gasteiger partial charge in [-0.25, -0.2) is 4.39 Å². The van der Waals surface area contributed by atoms with Crippen LogP contribution in [0.3, 0.4) is 0 Å². The van der Waals surface area contributed by atoms with Crippen molar-refractivity contribution in [2.45, 2.75) is 13.0 Å². The third kappa shape index (κ3) is 4.43. The van der Waals surface area contributed by atoms with Gasteiger partial charge in [0.25, 0.3) is 5.91 Å². The Balaban J connectivity index is 1.99. The van der Waals surface area contributed by atoms with Crippen molar-refractivity contribution in [3.8, 4) is 5.75 Å². The number of hydrogen-bond acceptors (Lipinski definition) is 3. The summed E-state index contributed by atoms with van der Waals surface area (Å²) in [6.07, 6.45) is -0.807. The minimum Gasteiger partial charge on any atom is -0.481 e. The lowest BCUT2D eigenvalue weighted by molar-refractivity contribution is -0.122. The molecule has 23 heavy (non-hydrogen) atoms. The third-order valence-corrected chi connectivity index (χ3v) is 3.30. The normalized spacial score (nSPS) is 11.6. The second-order valence-corrected chi connectivity index (χ2v) is 5.17. The smallest absolute Gasteiger partial charge is 0.265 e. The highest BCUT2D eigenvalue weighted by Crippen LogP contribution is 2.20. The first-order valence-corrected chi connectivity index (χ1v) is 7.07. The van der Waals surface area contributed by atoms with Gasteiger partial charge in [0, 0.05) is 11.3 Å². The quantitative estimate of drug-likeness (QED) is 0.880. The summed E-state index contributed by atoms with van der Waals surface area (Å²) in [5, 5.41) is 2.49. The first kappa shape index (κ1) is 16.8. The van der Waals surface area contributed by atoms with Crippen molar-refractivity contribution in [2.75, 3.05) is 5.32 Å². The van der Waals surface area contributed by atoms with Gasteiger partial charge in [-0.05, 0) is 49.4 Å². The molecule has 0 bridgehead atoms. The number of anilines is 1. The van der Waals surface area contributed by atoms with Crippen molar-refractivity contribution < 1.29 is 18.7 Å². The summed E-state index contributed by atoms with van der Waals surface area (Å²) in [6, 6.07) is 9.95. The Morgan fingerprint density at radius 1 is 1.22 bits per heavy atom. The van der Waals surface area contributed by atoms with Crippen molar-refractivity contribution in [3.63, 3.8) is 0 Å². The summed E-state index contributed by atoms with van der Waals surface area (Å²) in [5.41, 5.74) is 5.85. The summed E-state index contributed by atoms with van der Waals surface area (Å²) >= 11 is 5.65. The Labute approximate surface area is 137 Å². The third-order valence-electron chi connectivity index (χ3n) is 3.01. The fourth-order valence-corrected chi connectivity index (χ4v) is 1.95. The van der Waals surface area contributed by atoms with Crippen molar-refractivity contribution in [1.29, 1.82) is 0 Å². The van der Waals surface area contributed by atoms with Crippen LogP contribution < -0.4 is 15.8 Å². The predicted molar refractivity (Wildman–Crippen MR) is 85.1 cm³/mol. The van der Waals surface area contributed by atoms with E-state index in [0.717, 1.165) is 6.07 Å². The van der Waals surface area contributed by atoms with Crippen LogP contribution in [0.5, 0.6) is 5.75 Å². The molecule has 3 N–H and O–H groups in total. The molecule has 0 spiro atoms. The molecule has 7 heteroatoms. The standard InChI is InChI=1S/C16H14ClFN2O3/c1-9(23-12-5-2-10(3-6-12)15(19)21)16(22)20-11-4-7-14(18)13(17)8-11/h2-9H,1H3,(H2,19,21)(H,20,22)/t9-/m0/s1. The van der Waals surface area contributed by atoms with E-state index in [0.29, 0.717) is 17.0 Å². The van der Waals surface area contributed by atoms with E-state index >= 15 is 0 Å². The summed E-state index contributed by atoms with van der Waals surface area (Å²) in [7, 11) is 0. The minimum atomic E-state index is -0.807. The van der Waals surface area contributed by atoms with Crippen molar-refractivity contribution in [2.24, 2.45) is 5.73 Å². The highest BCUT2D eigenvalue weighted by molar-refractivity contribution is 6.31. The molecule has 2 rings (SSSR count). The van der Waals surface area contributed by atoms with E-state index in [4.69, 9.17) is 22.1 Å². The lowest BCUT2D eigenvalue weighted by Crippen LogP contribution is -2.30. The number of amides is 2. The molecule has 5 nitrogen and oxygen atoms in total. The molecule has 0 saturated heterocycles. The largest absolute Gasteiger partial charge is 0.481 e. The predicted octanol–water partition coefficient (Wildman–Crippen LogP) is 2.98. The van der Waals surface area contributed by atoms with E-state index in [-0.39, 0.29) is 5.02 Å². The average molecular weight is 337 g/mol. The van der Waals surface area contributed by atoms with Gasteiger partial charge in [-0.1, -0.05) is 11.6 Å². The summed E-state index contributed by atoms with van der Waals surface area (Å²) in [6.45, 7) is 1.56. The van der Waals surface area contributed by atoms with Gasteiger partial charge in [-0.2, -0.15) is 0 Å². The molecule has 2 amide bonds. The van der Waals surface area contributed by atoms with E-state index in [9.17, 15) is 14.0 Å². The van der Waals surface area contributed by atoms with Crippen LogP contribution >= 0.6 is 11.6 Å². The number of halogens is 2. The second kappa shape index (κ2) is 7.11. The number of benzene rings is 2. The molecule has 0 fully saturated rings. The Bertz CT molecular complexity index is 735. The van der Waals surface area contributed by atoms with Crippen LogP contribution in [0.15, 0.2) is 42.5 Å². The molecule has 0 aliphatic rings. The number of nitrogens with one attached hydrogen (secondary N) is 1. The molecule has 0 unspecified atom stereocenters. The molecule has 0 heterocycles. The lowest BCUT2D eigenvalue weighted by atomic mass is 10.2. The van der Waals surface area contributed by atoms with Gasteiger partial charge >= 0.3 is 0 Å². The van der Waals surface area contributed by atoms with Crippen molar-refractivity contribution >= 4 is 29.1 Å². The maximum atomic E-state index is 13.1.